The van der Waals surface area contributed by atoms with Gasteiger partial charge in [-0.1, -0.05) is 51.9 Å². The Morgan fingerprint density at radius 2 is 1.31 bits per heavy atom. The SMILES string of the molecule is CCCCCCCCCCN(C)[O-]. The molecule has 0 heterocycles. The highest BCUT2D eigenvalue weighted by atomic mass is 16.5. The van der Waals surface area contributed by atoms with Crippen molar-refractivity contribution in [2.45, 2.75) is 58.3 Å². The minimum atomic E-state index is 0.703. The number of hydrogen-bond acceptors (Lipinski definition) is 2. The first kappa shape index (κ1) is 12.9. The lowest BCUT2D eigenvalue weighted by Crippen LogP contribution is -2.10. The van der Waals surface area contributed by atoms with Gasteiger partial charge in [-0.3, -0.25) is 0 Å². The zero-order chi connectivity index (χ0) is 9.94. The molecule has 2 heteroatoms. The number of unbranched alkanes of at least 4 members (excludes halogenated alkanes) is 7. The fourth-order valence-electron chi connectivity index (χ4n) is 1.47. The fraction of sp³-hybridized carbons (Fsp3) is 1.00. The minimum absolute atomic E-state index is 0.703. The van der Waals surface area contributed by atoms with Crippen molar-refractivity contribution in [2.24, 2.45) is 0 Å². The van der Waals surface area contributed by atoms with Gasteiger partial charge in [-0.2, -0.15) is 0 Å². The van der Waals surface area contributed by atoms with Crippen LogP contribution < -0.4 is 0 Å². The fourth-order valence-corrected chi connectivity index (χ4v) is 1.47. The summed E-state index contributed by atoms with van der Waals surface area (Å²) in [5.41, 5.74) is 0. The largest absolute Gasteiger partial charge is 0.785 e. The van der Waals surface area contributed by atoms with Crippen molar-refractivity contribution < 1.29 is 0 Å². The van der Waals surface area contributed by atoms with E-state index >= 15 is 0 Å². The average molecular weight is 186 g/mol. The van der Waals surface area contributed by atoms with E-state index in [1.165, 1.54) is 44.9 Å². The third-order valence-electron chi connectivity index (χ3n) is 2.33. The molecule has 0 saturated heterocycles. The molecule has 0 amide bonds. The zero-order valence-corrected chi connectivity index (χ0v) is 9.22. The highest BCUT2D eigenvalue weighted by Crippen LogP contribution is 2.08. The van der Waals surface area contributed by atoms with Crippen LogP contribution in [0.2, 0.25) is 0 Å². The van der Waals surface area contributed by atoms with Crippen molar-refractivity contribution >= 4 is 0 Å². The van der Waals surface area contributed by atoms with Gasteiger partial charge in [-0.05, 0) is 20.0 Å². The summed E-state index contributed by atoms with van der Waals surface area (Å²) in [6.07, 6.45) is 10.4. The van der Waals surface area contributed by atoms with E-state index in [4.69, 9.17) is 0 Å². The predicted molar refractivity (Wildman–Crippen MR) is 58.6 cm³/mol. The topological polar surface area (TPSA) is 26.3 Å². The first-order valence-electron chi connectivity index (χ1n) is 5.65. The van der Waals surface area contributed by atoms with E-state index in [0.717, 1.165) is 11.5 Å². The van der Waals surface area contributed by atoms with Crippen molar-refractivity contribution in [3.05, 3.63) is 5.21 Å². The molecule has 0 N–H and O–H groups in total. The molecule has 0 rings (SSSR count). The van der Waals surface area contributed by atoms with Crippen molar-refractivity contribution in [1.82, 2.24) is 5.06 Å². The van der Waals surface area contributed by atoms with E-state index in [-0.39, 0.29) is 0 Å². The molecule has 0 aliphatic rings. The zero-order valence-electron chi connectivity index (χ0n) is 9.22. The van der Waals surface area contributed by atoms with Crippen LogP contribution in [-0.4, -0.2) is 18.7 Å². The van der Waals surface area contributed by atoms with E-state index in [0.29, 0.717) is 6.54 Å². The molecule has 0 aromatic heterocycles. The van der Waals surface area contributed by atoms with Crippen LogP contribution in [-0.2, 0) is 0 Å². The van der Waals surface area contributed by atoms with Crippen molar-refractivity contribution in [3.8, 4) is 0 Å². The molecule has 0 aromatic carbocycles. The Kier molecular flexibility index (Phi) is 9.94. The summed E-state index contributed by atoms with van der Waals surface area (Å²) in [4.78, 5) is 0. The van der Waals surface area contributed by atoms with Crippen LogP contribution in [0.1, 0.15) is 58.3 Å². The van der Waals surface area contributed by atoms with Crippen LogP contribution in [0.4, 0.5) is 0 Å². The first-order chi connectivity index (χ1) is 6.27. The molecule has 0 saturated carbocycles. The third kappa shape index (κ3) is 11.9. The van der Waals surface area contributed by atoms with Crippen LogP contribution in [0.25, 0.3) is 0 Å². The van der Waals surface area contributed by atoms with E-state index in [2.05, 4.69) is 6.92 Å². The summed E-state index contributed by atoms with van der Waals surface area (Å²) >= 11 is 0. The number of hydrogen-bond donors (Lipinski definition) is 0. The van der Waals surface area contributed by atoms with E-state index < -0.39 is 0 Å². The average Bonchev–Trinajstić information content (AvgIpc) is 2.09. The van der Waals surface area contributed by atoms with Crippen molar-refractivity contribution in [2.75, 3.05) is 13.6 Å². The molecule has 0 unspecified atom stereocenters. The predicted octanol–water partition coefficient (Wildman–Crippen LogP) is 3.56. The second-order valence-electron chi connectivity index (χ2n) is 3.83. The monoisotopic (exact) mass is 186 g/mol. The molecule has 2 nitrogen and oxygen atoms in total. The third-order valence-corrected chi connectivity index (χ3v) is 2.33. The smallest absolute Gasteiger partial charge is 0.0147 e. The van der Waals surface area contributed by atoms with Gasteiger partial charge in [0.25, 0.3) is 0 Å². The molecule has 0 bridgehead atoms. The standard InChI is InChI=1S/C11H24NO/c1-3-4-5-6-7-8-9-10-11-12(2)13/h3-11H2,1-2H3/q-1. The maximum Gasteiger partial charge on any atom is -0.0147 e. The number of hydroxylamine groups is 2. The summed E-state index contributed by atoms with van der Waals surface area (Å²) in [6.45, 7) is 2.94. The second-order valence-corrected chi connectivity index (χ2v) is 3.83. The van der Waals surface area contributed by atoms with Gasteiger partial charge in [0.15, 0.2) is 0 Å². The Morgan fingerprint density at radius 1 is 0.846 bits per heavy atom. The molecular weight excluding hydrogens is 162 g/mol. The lowest BCUT2D eigenvalue weighted by molar-refractivity contribution is 0.430. The summed E-state index contributed by atoms with van der Waals surface area (Å²) in [5, 5.41) is 11.6. The quantitative estimate of drug-likeness (QED) is 0.406. The Balaban J connectivity index is 2.84. The lowest BCUT2D eigenvalue weighted by atomic mass is 10.1. The Labute approximate surface area is 82.9 Å². The molecular formula is C11H24NO-. The maximum atomic E-state index is 10.5. The van der Waals surface area contributed by atoms with Gasteiger partial charge in [0.05, 0.1) is 0 Å². The second kappa shape index (κ2) is 10.0. The van der Waals surface area contributed by atoms with Gasteiger partial charge < -0.3 is 10.3 Å². The van der Waals surface area contributed by atoms with E-state index in [9.17, 15) is 5.21 Å². The van der Waals surface area contributed by atoms with Gasteiger partial charge in [0, 0.05) is 0 Å². The summed E-state index contributed by atoms with van der Waals surface area (Å²) in [7, 11) is 1.60. The Morgan fingerprint density at radius 3 is 1.77 bits per heavy atom. The number of nitrogens with zero attached hydrogens (tertiary/aromatic N) is 1. The van der Waals surface area contributed by atoms with Crippen LogP contribution >= 0.6 is 0 Å². The molecule has 0 aliphatic carbocycles. The summed E-state index contributed by atoms with van der Waals surface area (Å²) < 4.78 is 0. The van der Waals surface area contributed by atoms with E-state index in [1.807, 2.05) is 0 Å². The van der Waals surface area contributed by atoms with Crippen LogP contribution in [0.15, 0.2) is 0 Å². The molecule has 13 heavy (non-hydrogen) atoms. The first-order valence-corrected chi connectivity index (χ1v) is 5.65. The van der Waals surface area contributed by atoms with Crippen molar-refractivity contribution in [1.29, 1.82) is 0 Å². The molecule has 0 aliphatic heterocycles. The number of rotatable bonds is 9. The summed E-state index contributed by atoms with van der Waals surface area (Å²) in [5.74, 6) is 0. The molecule has 80 valence electrons. The normalized spacial score (nSPS) is 11.1. The molecule has 0 radical (unpaired) electrons. The van der Waals surface area contributed by atoms with Gasteiger partial charge in [-0.25, -0.2) is 0 Å². The highest BCUT2D eigenvalue weighted by Gasteiger charge is 1.90. The van der Waals surface area contributed by atoms with Gasteiger partial charge in [-0.15, -0.1) is 0 Å². The van der Waals surface area contributed by atoms with E-state index in [1.54, 1.807) is 7.05 Å². The van der Waals surface area contributed by atoms with Crippen LogP contribution in [0.3, 0.4) is 0 Å². The van der Waals surface area contributed by atoms with Crippen LogP contribution in [0, 0.1) is 5.21 Å². The maximum absolute atomic E-state index is 10.5. The molecule has 0 aromatic rings. The minimum Gasteiger partial charge on any atom is -0.785 e. The molecule has 0 spiro atoms. The van der Waals surface area contributed by atoms with Crippen molar-refractivity contribution in [3.63, 3.8) is 0 Å². The van der Waals surface area contributed by atoms with Gasteiger partial charge >= 0.3 is 0 Å². The highest BCUT2D eigenvalue weighted by molar-refractivity contribution is 4.51. The van der Waals surface area contributed by atoms with Gasteiger partial charge in [0.1, 0.15) is 0 Å². The summed E-state index contributed by atoms with van der Waals surface area (Å²) in [6, 6.07) is 0. The van der Waals surface area contributed by atoms with Gasteiger partial charge in [0.2, 0.25) is 0 Å². The Hall–Kier alpha value is -0.0800. The molecule has 0 fully saturated rings. The molecule has 0 atom stereocenters. The lowest BCUT2D eigenvalue weighted by Gasteiger charge is -2.21. The Bertz CT molecular complexity index is 94.1. The van der Waals surface area contributed by atoms with Crippen LogP contribution in [0.5, 0.6) is 0 Å².